The monoisotopic (exact) mass is 339 g/mol. The molecule has 0 aromatic heterocycles. The molecule has 0 spiro atoms. The maximum atomic E-state index is 10.7. The topological polar surface area (TPSA) is 40.5 Å². The van der Waals surface area contributed by atoms with Gasteiger partial charge in [-0.2, -0.15) is 0 Å². The van der Waals surface area contributed by atoms with Crippen LogP contribution in [0.25, 0.3) is 0 Å². The van der Waals surface area contributed by atoms with Gasteiger partial charge in [-0.1, -0.05) is 28.1 Å². The van der Waals surface area contributed by atoms with Crippen molar-refractivity contribution in [2.75, 3.05) is 13.1 Å². The third-order valence-electron chi connectivity index (χ3n) is 3.97. The lowest BCUT2D eigenvalue weighted by Crippen LogP contribution is -2.35. The number of nitrogens with zero attached hydrogens (tertiary/aromatic N) is 1. The molecule has 0 saturated carbocycles. The van der Waals surface area contributed by atoms with Crippen LogP contribution in [0.5, 0.6) is 0 Å². The quantitative estimate of drug-likeness (QED) is 0.886. The number of aryl methyl sites for hydroxylation is 1. The number of carboxylic acid groups (broad SMARTS) is 1. The van der Waals surface area contributed by atoms with Crippen LogP contribution in [0.1, 0.15) is 36.8 Å². The molecule has 1 atom stereocenters. The maximum Gasteiger partial charge on any atom is 0.303 e. The highest BCUT2D eigenvalue weighted by atomic mass is 79.9. The van der Waals surface area contributed by atoms with Crippen molar-refractivity contribution >= 4 is 21.9 Å². The molecule has 1 aromatic carbocycles. The van der Waals surface area contributed by atoms with Crippen molar-refractivity contribution in [3.05, 3.63) is 33.8 Å². The van der Waals surface area contributed by atoms with Crippen LogP contribution in [0.4, 0.5) is 0 Å². The molecule has 0 amide bonds. The van der Waals surface area contributed by atoms with Gasteiger partial charge in [-0.05, 0) is 55.8 Å². The number of rotatable bonds is 5. The third-order valence-corrected chi connectivity index (χ3v) is 4.71. The second-order valence-corrected chi connectivity index (χ2v) is 6.62. The van der Waals surface area contributed by atoms with Crippen molar-refractivity contribution in [3.8, 4) is 0 Å². The summed E-state index contributed by atoms with van der Waals surface area (Å²) >= 11 is 3.63. The van der Waals surface area contributed by atoms with Gasteiger partial charge >= 0.3 is 5.97 Å². The van der Waals surface area contributed by atoms with E-state index >= 15 is 0 Å². The van der Waals surface area contributed by atoms with Crippen molar-refractivity contribution in [1.82, 2.24) is 4.90 Å². The molecule has 1 aliphatic heterocycles. The van der Waals surface area contributed by atoms with Crippen LogP contribution in [0.3, 0.4) is 0 Å². The highest BCUT2D eigenvalue weighted by Crippen LogP contribution is 2.25. The summed E-state index contributed by atoms with van der Waals surface area (Å²) in [6.07, 6.45) is 3.44. The molecular weight excluding hydrogens is 318 g/mol. The Hall–Kier alpha value is -0.870. The van der Waals surface area contributed by atoms with Gasteiger partial charge in [0.1, 0.15) is 0 Å². The van der Waals surface area contributed by atoms with E-state index in [4.69, 9.17) is 5.11 Å². The summed E-state index contributed by atoms with van der Waals surface area (Å²) in [6.45, 7) is 5.18. The van der Waals surface area contributed by atoms with Crippen LogP contribution < -0.4 is 0 Å². The molecule has 2 rings (SSSR count). The molecule has 3 nitrogen and oxygen atoms in total. The molecule has 110 valence electrons. The smallest absolute Gasteiger partial charge is 0.303 e. The van der Waals surface area contributed by atoms with E-state index in [0.717, 1.165) is 26.1 Å². The fourth-order valence-corrected chi connectivity index (χ4v) is 3.50. The highest BCUT2D eigenvalue weighted by molar-refractivity contribution is 9.10. The van der Waals surface area contributed by atoms with E-state index in [1.165, 1.54) is 28.4 Å². The molecule has 0 radical (unpaired) electrons. The number of halogens is 1. The first-order valence-corrected chi connectivity index (χ1v) is 8.03. The molecule has 1 aromatic rings. The summed E-state index contributed by atoms with van der Waals surface area (Å²) in [5.74, 6) is -0.146. The van der Waals surface area contributed by atoms with E-state index in [1.54, 1.807) is 0 Å². The molecule has 1 N–H and O–H groups in total. The van der Waals surface area contributed by atoms with E-state index < -0.39 is 5.97 Å². The van der Waals surface area contributed by atoms with Crippen molar-refractivity contribution in [3.63, 3.8) is 0 Å². The lowest BCUT2D eigenvalue weighted by molar-refractivity contribution is -0.137. The van der Waals surface area contributed by atoms with Crippen molar-refractivity contribution < 1.29 is 9.90 Å². The zero-order valence-corrected chi connectivity index (χ0v) is 13.5. The lowest BCUT2D eigenvalue weighted by Gasteiger charge is -2.32. The van der Waals surface area contributed by atoms with E-state index in [2.05, 4.69) is 46.0 Å². The van der Waals surface area contributed by atoms with Gasteiger partial charge in [0, 0.05) is 24.0 Å². The summed E-state index contributed by atoms with van der Waals surface area (Å²) in [4.78, 5) is 13.1. The molecule has 0 aliphatic carbocycles. The van der Waals surface area contributed by atoms with Gasteiger partial charge in [-0.15, -0.1) is 0 Å². The van der Waals surface area contributed by atoms with Gasteiger partial charge in [0.2, 0.25) is 0 Å². The Morgan fingerprint density at radius 3 is 3.00 bits per heavy atom. The summed E-state index contributed by atoms with van der Waals surface area (Å²) in [6, 6.07) is 6.48. The zero-order valence-electron chi connectivity index (χ0n) is 11.9. The van der Waals surface area contributed by atoms with Crippen molar-refractivity contribution in [2.24, 2.45) is 5.92 Å². The first-order valence-electron chi connectivity index (χ1n) is 7.24. The van der Waals surface area contributed by atoms with Crippen LogP contribution in [0.2, 0.25) is 0 Å². The van der Waals surface area contributed by atoms with Crippen LogP contribution in [-0.4, -0.2) is 29.1 Å². The Labute approximate surface area is 129 Å². The first kappa shape index (κ1) is 15.5. The molecule has 0 bridgehead atoms. The van der Waals surface area contributed by atoms with E-state index in [1.807, 2.05) is 0 Å². The minimum Gasteiger partial charge on any atom is -0.481 e. The van der Waals surface area contributed by atoms with Gasteiger partial charge < -0.3 is 5.11 Å². The Morgan fingerprint density at radius 2 is 2.30 bits per heavy atom. The molecule has 1 saturated heterocycles. The average Bonchev–Trinajstić information content (AvgIpc) is 2.40. The number of benzene rings is 1. The molecule has 20 heavy (non-hydrogen) atoms. The van der Waals surface area contributed by atoms with Crippen LogP contribution in [0, 0.1) is 12.8 Å². The Balaban J connectivity index is 1.90. The minimum atomic E-state index is -0.677. The van der Waals surface area contributed by atoms with E-state index in [0.29, 0.717) is 12.3 Å². The fraction of sp³-hybridized carbons (Fsp3) is 0.562. The minimum absolute atomic E-state index is 0.298. The Bertz CT molecular complexity index is 476. The number of hydrogen-bond acceptors (Lipinski definition) is 2. The van der Waals surface area contributed by atoms with E-state index in [-0.39, 0.29) is 0 Å². The second-order valence-electron chi connectivity index (χ2n) is 5.77. The van der Waals surface area contributed by atoms with Gasteiger partial charge in [0.15, 0.2) is 0 Å². The molecule has 1 unspecified atom stereocenters. The Morgan fingerprint density at radius 1 is 1.50 bits per heavy atom. The average molecular weight is 340 g/mol. The fourth-order valence-electron chi connectivity index (χ4n) is 2.88. The third kappa shape index (κ3) is 4.60. The molecule has 1 heterocycles. The van der Waals surface area contributed by atoms with Crippen LogP contribution in [0.15, 0.2) is 22.7 Å². The zero-order chi connectivity index (χ0) is 14.5. The predicted molar refractivity (Wildman–Crippen MR) is 83.7 cm³/mol. The van der Waals surface area contributed by atoms with Crippen LogP contribution in [-0.2, 0) is 11.3 Å². The van der Waals surface area contributed by atoms with Gasteiger partial charge in [0.25, 0.3) is 0 Å². The summed E-state index contributed by atoms with van der Waals surface area (Å²) < 4.78 is 1.17. The van der Waals surface area contributed by atoms with Gasteiger partial charge in [-0.3, -0.25) is 9.69 Å². The highest BCUT2D eigenvalue weighted by Gasteiger charge is 2.21. The number of carbonyl (C=O) groups is 1. The van der Waals surface area contributed by atoms with Crippen LogP contribution >= 0.6 is 15.9 Å². The van der Waals surface area contributed by atoms with Crippen molar-refractivity contribution in [1.29, 1.82) is 0 Å². The molecule has 1 aliphatic rings. The first-order chi connectivity index (χ1) is 9.54. The number of carboxylic acids is 1. The molecule has 4 heteroatoms. The number of piperidine rings is 1. The molecule has 1 fully saturated rings. The summed E-state index contributed by atoms with van der Waals surface area (Å²) in [5.41, 5.74) is 2.58. The standard InChI is InChI=1S/C16H22BrNO2/c1-12-4-6-14(15(17)9-12)11-18-8-2-3-13(10-18)5-7-16(19)20/h4,6,9,13H,2-3,5,7-8,10-11H2,1H3,(H,19,20). The number of aliphatic carboxylic acids is 1. The SMILES string of the molecule is Cc1ccc(CN2CCCC(CCC(=O)O)C2)c(Br)c1. The number of hydrogen-bond donors (Lipinski definition) is 1. The van der Waals surface area contributed by atoms with Gasteiger partial charge in [0.05, 0.1) is 0 Å². The maximum absolute atomic E-state index is 10.7. The van der Waals surface area contributed by atoms with Crippen molar-refractivity contribution in [2.45, 2.75) is 39.2 Å². The normalized spacial score (nSPS) is 20.0. The Kier molecular flexibility index (Phi) is 5.61. The lowest BCUT2D eigenvalue weighted by atomic mass is 9.93. The molecular formula is C16H22BrNO2. The van der Waals surface area contributed by atoms with E-state index in [9.17, 15) is 4.79 Å². The predicted octanol–water partition coefficient (Wildman–Crippen LogP) is 3.83. The van der Waals surface area contributed by atoms with Gasteiger partial charge in [-0.25, -0.2) is 0 Å². The second kappa shape index (κ2) is 7.23. The summed E-state index contributed by atoms with van der Waals surface area (Å²) in [7, 11) is 0. The summed E-state index contributed by atoms with van der Waals surface area (Å²) in [5, 5.41) is 8.79. The number of likely N-dealkylation sites (tertiary alicyclic amines) is 1. The largest absolute Gasteiger partial charge is 0.481 e.